The quantitative estimate of drug-likeness (QED) is 0.593. The number of fused-ring (bicyclic) bond motifs is 1. The molecule has 2 aliphatic heterocycles. The highest BCUT2D eigenvalue weighted by Crippen LogP contribution is 2.25. The fourth-order valence-corrected chi connectivity index (χ4v) is 2.51. The lowest BCUT2D eigenvalue weighted by Crippen LogP contribution is -2.51. The molecule has 2 heterocycles. The maximum atomic E-state index is 12.3. The van der Waals surface area contributed by atoms with Gasteiger partial charge in [-0.05, 0) is 20.8 Å². The van der Waals surface area contributed by atoms with E-state index in [2.05, 4.69) is 5.32 Å². The molecule has 8 heteroatoms. The first-order valence-electron chi connectivity index (χ1n) is 6.88. The predicted octanol–water partition coefficient (Wildman–Crippen LogP) is 0.234. The molecule has 0 spiro atoms. The van der Waals surface area contributed by atoms with E-state index in [0.29, 0.717) is 19.6 Å². The van der Waals surface area contributed by atoms with Gasteiger partial charge in [0.15, 0.2) is 0 Å². The van der Waals surface area contributed by atoms with Gasteiger partial charge in [-0.15, -0.1) is 12.4 Å². The van der Waals surface area contributed by atoms with Crippen LogP contribution in [0.4, 0.5) is 4.79 Å². The van der Waals surface area contributed by atoms with Crippen molar-refractivity contribution in [2.24, 2.45) is 5.41 Å². The molecule has 120 valence electrons. The highest BCUT2D eigenvalue weighted by molar-refractivity contribution is 6.04. The minimum absolute atomic E-state index is 0. The lowest BCUT2D eigenvalue weighted by atomic mass is 9.93. The number of nitrogens with zero attached hydrogens (tertiary/aromatic N) is 2. The Morgan fingerprint density at radius 2 is 2.10 bits per heavy atom. The molecule has 21 heavy (non-hydrogen) atoms. The Labute approximate surface area is 130 Å². The highest BCUT2D eigenvalue weighted by atomic mass is 35.5. The van der Waals surface area contributed by atoms with E-state index >= 15 is 0 Å². The van der Waals surface area contributed by atoms with E-state index in [9.17, 15) is 14.4 Å². The van der Waals surface area contributed by atoms with Gasteiger partial charge in [0, 0.05) is 26.2 Å². The molecule has 3 amide bonds. The smallest absolute Gasteiger partial charge is 0.327 e. The minimum atomic E-state index is -0.899. The van der Waals surface area contributed by atoms with E-state index in [0.717, 1.165) is 0 Å². The van der Waals surface area contributed by atoms with Gasteiger partial charge in [0.05, 0.1) is 12.0 Å². The first-order valence-corrected chi connectivity index (χ1v) is 6.88. The van der Waals surface area contributed by atoms with Gasteiger partial charge in [-0.2, -0.15) is 0 Å². The summed E-state index contributed by atoms with van der Waals surface area (Å²) in [4.78, 5) is 39.2. The van der Waals surface area contributed by atoms with Gasteiger partial charge in [0.25, 0.3) is 5.91 Å². The Hall–Kier alpha value is -1.34. The summed E-state index contributed by atoms with van der Waals surface area (Å²) in [6.07, 6.45) is 0. The average Bonchev–Trinajstić information content (AvgIpc) is 2.65. The number of piperazine rings is 1. The van der Waals surface area contributed by atoms with Crippen LogP contribution in [0.3, 0.4) is 0 Å². The fraction of sp³-hybridized carbons (Fsp3) is 0.769. The third kappa shape index (κ3) is 3.29. The topological polar surface area (TPSA) is 79.0 Å². The van der Waals surface area contributed by atoms with Crippen LogP contribution < -0.4 is 5.32 Å². The van der Waals surface area contributed by atoms with Crippen LogP contribution in [0.15, 0.2) is 0 Å². The van der Waals surface area contributed by atoms with Gasteiger partial charge in [-0.3, -0.25) is 14.5 Å². The van der Waals surface area contributed by atoms with E-state index < -0.39 is 17.4 Å². The first-order chi connectivity index (χ1) is 9.38. The second kappa shape index (κ2) is 6.62. The average molecular weight is 320 g/mol. The maximum absolute atomic E-state index is 12.3. The highest BCUT2D eigenvalue weighted by Gasteiger charge is 2.48. The van der Waals surface area contributed by atoms with Gasteiger partial charge in [0.2, 0.25) is 0 Å². The van der Waals surface area contributed by atoms with Crippen LogP contribution in [0.1, 0.15) is 20.8 Å². The second-order valence-electron chi connectivity index (χ2n) is 5.72. The summed E-state index contributed by atoms with van der Waals surface area (Å²) in [5, 5.41) is 3.10. The van der Waals surface area contributed by atoms with Crippen molar-refractivity contribution >= 4 is 30.3 Å². The molecule has 0 bridgehead atoms. The van der Waals surface area contributed by atoms with Crippen molar-refractivity contribution in [3.05, 3.63) is 0 Å². The molecule has 0 radical (unpaired) electrons. The van der Waals surface area contributed by atoms with Crippen LogP contribution in [0.5, 0.6) is 0 Å². The maximum Gasteiger partial charge on any atom is 0.327 e. The largest absolute Gasteiger partial charge is 0.466 e. The minimum Gasteiger partial charge on any atom is -0.466 e. The molecule has 2 rings (SSSR count). The summed E-state index contributed by atoms with van der Waals surface area (Å²) < 4.78 is 4.99. The third-order valence-electron chi connectivity index (χ3n) is 3.65. The number of hydrogen-bond acceptors (Lipinski definition) is 5. The zero-order valence-corrected chi connectivity index (χ0v) is 13.4. The SMILES string of the molecule is CCOC(=O)C(C)(C)CN1C(=O)[C@@H]2CNCCN2C1=O.Cl. The Morgan fingerprint density at radius 1 is 1.43 bits per heavy atom. The number of hydrogen-bond donors (Lipinski definition) is 1. The first kappa shape index (κ1) is 17.7. The number of carbonyl (C=O) groups excluding carboxylic acids is 3. The molecule has 0 aliphatic carbocycles. The predicted molar refractivity (Wildman–Crippen MR) is 78.1 cm³/mol. The summed E-state index contributed by atoms with van der Waals surface area (Å²) in [5.41, 5.74) is -0.899. The molecule has 2 saturated heterocycles. The zero-order valence-electron chi connectivity index (χ0n) is 12.5. The van der Waals surface area contributed by atoms with Crippen LogP contribution in [-0.2, 0) is 14.3 Å². The molecule has 1 N–H and O–H groups in total. The fourth-order valence-electron chi connectivity index (χ4n) is 2.51. The normalized spacial score (nSPS) is 22.0. The van der Waals surface area contributed by atoms with Crippen molar-refractivity contribution < 1.29 is 19.1 Å². The molecule has 1 atom stereocenters. The Morgan fingerprint density at radius 3 is 2.67 bits per heavy atom. The van der Waals surface area contributed by atoms with Gasteiger partial charge in [-0.1, -0.05) is 0 Å². The summed E-state index contributed by atoms with van der Waals surface area (Å²) in [6.45, 7) is 7.10. The lowest BCUT2D eigenvalue weighted by Gasteiger charge is -2.27. The monoisotopic (exact) mass is 319 g/mol. The molecule has 0 aromatic rings. The van der Waals surface area contributed by atoms with Crippen molar-refractivity contribution in [3.63, 3.8) is 0 Å². The summed E-state index contributed by atoms with van der Waals surface area (Å²) in [6, 6.07) is -0.742. The third-order valence-corrected chi connectivity index (χ3v) is 3.65. The number of esters is 1. The van der Waals surface area contributed by atoms with Gasteiger partial charge < -0.3 is 15.0 Å². The van der Waals surface area contributed by atoms with Gasteiger partial charge in [-0.25, -0.2) is 4.79 Å². The molecule has 0 saturated carbocycles. The number of nitrogens with one attached hydrogen (secondary N) is 1. The van der Waals surface area contributed by atoms with Crippen LogP contribution in [0, 0.1) is 5.41 Å². The van der Waals surface area contributed by atoms with Crippen molar-refractivity contribution in [1.29, 1.82) is 0 Å². The second-order valence-corrected chi connectivity index (χ2v) is 5.72. The Balaban J connectivity index is 0.00000220. The lowest BCUT2D eigenvalue weighted by molar-refractivity contribution is -0.154. The molecule has 0 unspecified atom stereocenters. The standard InChI is InChI=1S/C13H21N3O4.ClH/c1-4-20-11(18)13(2,3)8-16-10(17)9-7-14-5-6-15(9)12(16)19;/h9,14H,4-8H2,1-3H3;1H/t9-;/m0./s1. The van der Waals surface area contributed by atoms with Crippen LogP contribution in [0.2, 0.25) is 0 Å². The molecule has 2 aliphatic rings. The number of carbonyl (C=O) groups is 3. The molecular formula is C13H22ClN3O4. The molecule has 2 fully saturated rings. The molecule has 7 nitrogen and oxygen atoms in total. The van der Waals surface area contributed by atoms with E-state index in [4.69, 9.17) is 4.74 Å². The number of urea groups is 1. The van der Waals surface area contributed by atoms with Gasteiger partial charge >= 0.3 is 12.0 Å². The van der Waals surface area contributed by atoms with Crippen LogP contribution in [-0.4, -0.2) is 66.5 Å². The summed E-state index contributed by atoms with van der Waals surface area (Å²) in [7, 11) is 0. The van der Waals surface area contributed by atoms with Crippen molar-refractivity contribution in [2.45, 2.75) is 26.8 Å². The number of ether oxygens (including phenoxy) is 1. The van der Waals surface area contributed by atoms with E-state index in [1.807, 2.05) is 0 Å². The summed E-state index contributed by atoms with van der Waals surface area (Å²) >= 11 is 0. The van der Waals surface area contributed by atoms with Crippen molar-refractivity contribution in [2.75, 3.05) is 32.8 Å². The van der Waals surface area contributed by atoms with Gasteiger partial charge in [0.1, 0.15) is 6.04 Å². The molecule has 0 aromatic carbocycles. The van der Waals surface area contributed by atoms with Crippen LogP contribution in [0.25, 0.3) is 0 Å². The number of rotatable bonds is 4. The zero-order chi connectivity index (χ0) is 14.9. The number of amides is 3. The molecular weight excluding hydrogens is 298 g/mol. The van der Waals surface area contributed by atoms with Crippen LogP contribution >= 0.6 is 12.4 Å². The van der Waals surface area contributed by atoms with Crippen molar-refractivity contribution in [3.8, 4) is 0 Å². The molecule has 0 aromatic heterocycles. The Kier molecular flexibility index (Phi) is 5.58. The van der Waals surface area contributed by atoms with Crippen molar-refractivity contribution in [1.82, 2.24) is 15.1 Å². The van der Waals surface area contributed by atoms with E-state index in [1.165, 1.54) is 4.90 Å². The number of imide groups is 1. The van der Waals surface area contributed by atoms with E-state index in [1.54, 1.807) is 25.7 Å². The Bertz CT molecular complexity index is 417. The number of halogens is 1. The summed E-state index contributed by atoms with van der Waals surface area (Å²) in [5.74, 6) is -0.636. The van der Waals surface area contributed by atoms with E-state index in [-0.39, 0.29) is 37.5 Å².